The van der Waals surface area contributed by atoms with Crippen LogP contribution in [0.25, 0.3) is 0 Å². The van der Waals surface area contributed by atoms with Crippen LogP contribution in [0.5, 0.6) is 0 Å². The topological polar surface area (TPSA) is 55.4 Å². The van der Waals surface area contributed by atoms with Crippen LogP contribution in [0.15, 0.2) is 0 Å². The lowest BCUT2D eigenvalue weighted by atomic mass is 9.98. The maximum absolute atomic E-state index is 5.73. The van der Waals surface area contributed by atoms with Crippen LogP contribution in [0.4, 0.5) is 0 Å². The van der Waals surface area contributed by atoms with Gasteiger partial charge in [-0.25, -0.2) is 0 Å². The molecule has 6 nitrogen and oxygen atoms in total. The lowest BCUT2D eigenvalue weighted by Gasteiger charge is -2.43. The van der Waals surface area contributed by atoms with Crippen molar-refractivity contribution >= 4 is 23.0 Å². The largest absolute Gasteiger partial charge is 0.382 e. The molecule has 0 saturated carbocycles. The van der Waals surface area contributed by atoms with Gasteiger partial charge in [-0.3, -0.25) is 3.07 Å². The molecule has 0 aromatic rings. The van der Waals surface area contributed by atoms with E-state index in [0.29, 0.717) is 6.61 Å². The average molecular weight is 362 g/mol. The van der Waals surface area contributed by atoms with Crippen molar-refractivity contribution in [1.29, 1.82) is 0 Å². The normalized spacial score (nSPS) is 38.3. The minimum Gasteiger partial charge on any atom is -0.382 e. The summed E-state index contributed by atoms with van der Waals surface area (Å²) >= 11 is 1.79. The molecule has 1 heterocycles. The molecule has 0 unspecified atom stereocenters. The van der Waals surface area contributed by atoms with E-state index in [1.165, 1.54) is 0 Å². The van der Waals surface area contributed by atoms with Gasteiger partial charge in [0, 0.05) is 28.4 Å². The van der Waals surface area contributed by atoms with Gasteiger partial charge in [0.1, 0.15) is 47.4 Å². The number of methoxy groups -OCH3 is 4. The molecule has 1 rings (SSSR count). The zero-order valence-corrected chi connectivity index (χ0v) is 12.6. The highest BCUT2D eigenvalue weighted by atomic mass is 127. The highest BCUT2D eigenvalue weighted by Crippen LogP contribution is 2.28. The smallest absolute Gasteiger partial charge is 0.198 e. The molecule has 0 amide bonds. The van der Waals surface area contributed by atoms with Crippen molar-refractivity contribution in [1.82, 2.24) is 0 Å². The summed E-state index contributed by atoms with van der Waals surface area (Å²) in [5.74, 6) is 0. The van der Waals surface area contributed by atoms with Crippen molar-refractivity contribution in [3.8, 4) is 0 Å². The van der Waals surface area contributed by atoms with Gasteiger partial charge in [0.2, 0.25) is 0 Å². The monoisotopic (exact) mass is 362 g/mol. The van der Waals surface area contributed by atoms with Crippen LogP contribution < -0.4 is 0 Å². The van der Waals surface area contributed by atoms with Crippen LogP contribution in [0.2, 0.25) is 0 Å². The van der Waals surface area contributed by atoms with Crippen molar-refractivity contribution in [2.45, 2.75) is 30.7 Å². The number of rotatable bonds is 6. The van der Waals surface area contributed by atoms with Gasteiger partial charge in [-0.15, -0.1) is 0 Å². The summed E-state index contributed by atoms with van der Waals surface area (Å²) in [6, 6.07) is 0. The molecule has 0 radical (unpaired) electrons. The second-order valence-corrected chi connectivity index (χ2v) is 4.20. The van der Waals surface area contributed by atoms with E-state index in [1.807, 2.05) is 0 Å². The van der Waals surface area contributed by atoms with Crippen molar-refractivity contribution < 1.29 is 26.8 Å². The standard InChI is InChI=1S/C10H19IO6/c1-12-5-6-7(13-2)8(14-3)9(15-4)10(16-6)17-11/h6-10H,5H2,1-4H3/t6-,7-,8+,9-,10-/m1/s1. The van der Waals surface area contributed by atoms with Gasteiger partial charge in [-0.05, 0) is 0 Å². The average Bonchev–Trinajstić information content (AvgIpc) is 2.37. The molecule has 1 fully saturated rings. The number of ether oxygens (including phenoxy) is 5. The molecule has 102 valence electrons. The lowest BCUT2D eigenvalue weighted by molar-refractivity contribution is -0.285. The molecule has 1 saturated heterocycles. The maximum atomic E-state index is 5.73. The highest BCUT2D eigenvalue weighted by Gasteiger charge is 2.47. The van der Waals surface area contributed by atoms with E-state index < -0.39 is 6.29 Å². The van der Waals surface area contributed by atoms with Gasteiger partial charge in [0.05, 0.1) is 6.61 Å². The van der Waals surface area contributed by atoms with Crippen molar-refractivity contribution in [3.05, 3.63) is 0 Å². The van der Waals surface area contributed by atoms with E-state index in [2.05, 4.69) is 0 Å². The first-order chi connectivity index (χ1) is 8.23. The van der Waals surface area contributed by atoms with Crippen molar-refractivity contribution in [2.24, 2.45) is 0 Å². The third kappa shape index (κ3) is 3.49. The first-order valence-electron chi connectivity index (χ1n) is 5.23. The first kappa shape index (κ1) is 15.5. The molecular formula is C10H19IO6. The van der Waals surface area contributed by atoms with Gasteiger partial charge in [0.25, 0.3) is 0 Å². The Hall–Kier alpha value is 0.490. The summed E-state index contributed by atoms with van der Waals surface area (Å²) in [4.78, 5) is 0. The fourth-order valence-corrected chi connectivity index (χ4v) is 2.46. The van der Waals surface area contributed by atoms with E-state index in [9.17, 15) is 0 Å². The molecule has 1 aliphatic heterocycles. The van der Waals surface area contributed by atoms with E-state index >= 15 is 0 Å². The molecule has 0 bridgehead atoms. The predicted molar refractivity (Wildman–Crippen MR) is 68.0 cm³/mol. The molecular weight excluding hydrogens is 343 g/mol. The molecule has 0 aromatic heterocycles. The Morgan fingerprint density at radius 1 is 0.941 bits per heavy atom. The summed E-state index contributed by atoms with van der Waals surface area (Å²) in [6.45, 7) is 0.408. The molecule has 0 spiro atoms. The number of hydrogen-bond donors (Lipinski definition) is 0. The quantitative estimate of drug-likeness (QED) is 0.651. The Bertz CT molecular complexity index is 217. The maximum Gasteiger partial charge on any atom is 0.198 e. The predicted octanol–water partition coefficient (Wildman–Crippen LogP) is 0.769. The molecule has 0 aliphatic carbocycles. The minimum atomic E-state index is -0.503. The minimum absolute atomic E-state index is 0.249. The summed E-state index contributed by atoms with van der Waals surface area (Å²) in [5, 5.41) is 0. The molecule has 7 heteroatoms. The van der Waals surface area contributed by atoms with Gasteiger partial charge >= 0.3 is 0 Å². The van der Waals surface area contributed by atoms with Crippen LogP contribution >= 0.6 is 23.0 Å². The van der Waals surface area contributed by atoms with Crippen molar-refractivity contribution in [3.63, 3.8) is 0 Å². The van der Waals surface area contributed by atoms with Crippen LogP contribution in [-0.4, -0.2) is 65.8 Å². The fraction of sp³-hybridized carbons (Fsp3) is 1.00. The van der Waals surface area contributed by atoms with Gasteiger partial charge in [0.15, 0.2) is 6.29 Å². The SMILES string of the molecule is COC[C@H]1O[C@H](OI)[C@H](OC)[C@@H](OC)[C@@H]1OC. The van der Waals surface area contributed by atoms with E-state index in [0.717, 1.165) is 0 Å². The Morgan fingerprint density at radius 3 is 1.94 bits per heavy atom. The molecule has 0 aromatic carbocycles. The van der Waals surface area contributed by atoms with Crippen LogP contribution in [0.1, 0.15) is 0 Å². The third-order valence-electron chi connectivity index (χ3n) is 2.83. The summed E-state index contributed by atoms with van der Waals surface area (Å²) < 4.78 is 32.3. The Morgan fingerprint density at radius 2 is 1.53 bits per heavy atom. The number of halogens is 1. The zero-order chi connectivity index (χ0) is 12.8. The zero-order valence-electron chi connectivity index (χ0n) is 10.4. The first-order valence-corrected chi connectivity index (χ1v) is 6.11. The van der Waals surface area contributed by atoms with E-state index in [4.69, 9.17) is 26.8 Å². The molecule has 0 N–H and O–H groups in total. The van der Waals surface area contributed by atoms with Crippen LogP contribution in [0, 0.1) is 0 Å². The van der Waals surface area contributed by atoms with Crippen LogP contribution in [0.3, 0.4) is 0 Å². The Labute approximate surface area is 116 Å². The molecule has 5 atom stereocenters. The molecule has 1 aliphatic rings. The van der Waals surface area contributed by atoms with Gasteiger partial charge in [-0.2, -0.15) is 0 Å². The van der Waals surface area contributed by atoms with Gasteiger partial charge in [-0.1, -0.05) is 0 Å². The second-order valence-electron chi connectivity index (χ2n) is 3.69. The molecule has 17 heavy (non-hydrogen) atoms. The Balaban J connectivity index is 2.84. The number of hydrogen-bond acceptors (Lipinski definition) is 6. The lowest BCUT2D eigenvalue weighted by Crippen LogP contribution is -2.60. The summed E-state index contributed by atoms with van der Waals surface area (Å²) in [5.41, 5.74) is 0. The van der Waals surface area contributed by atoms with E-state index in [-0.39, 0.29) is 24.4 Å². The van der Waals surface area contributed by atoms with Gasteiger partial charge < -0.3 is 23.7 Å². The van der Waals surface area contributed by atoms with Crippen LogP contribution in [-0.2, 0) is 26.8 Å². The highest BCUT2D eigenvalue weighted by molar-refractivity contribution is 14.1. The third-order valence-corrected chi connectivity index (χ3v) is 3.33. The Kier molecular flexibility index (Phi) is 7.15. The second kappa shape index (κ2) is 7.82. The van der Waals surface area contributed by atoms with Crippen molar-refractivity contribution in [2.75, 3.05) is 35.0 Å². The summed E-state index contributed by atoms with van der Waals surface area (Å²) in [7, 11) is 6.43. The summed E-state index contributed by atoms with van der Waals surface area (Å²) in [6.07, 6.45) is -1.61. The fourth-order valence-electron chi connectivity index (χ4n) is 2.05. The van der Waals surface area contributed by atoms with E-state index in [1.54, 1.807) is 51.4 Å².